The Balaban J connectivity index is 1.44. The number of rotatable bonds is 3. The first-order chi connectivity index (χ1) is 11.6. The molecular formula is C18H15ClN2O3. The highest BCUT2D eigenvalue weighted by Crippen LogP contribution is 2.48. The second kappa shape index (κ2) is 5.83. The van der Waals surface area contributed by atoms with Gasteiger partial charge in [-0.05, 0) is 48.2 Å². The van der Waals surface area contributed by atoms with Crippen molar-refractivity contribution in [2.24, 2.45) is 5.92 Å². The van der Waals surface area contributed by atoms with Crippen molar-refractivity contribution in [3.63, 3.8) is 0 Å². The van der Waals surface area contributed by atoms with Crippen molar-refractivity contribution in [1.29, 1.82) is 0 Å². The first kappa shape index (κ1) is 15.0. The predicted octanol–water partition coefficient (Wildman–Crippen LogP) is 3.41. The first-order valence-electron chi connectivity index (χ1n) is 7.73. The predicted molar refractivity (Wildman–Crippen MR) is 91.5 cm³/mol. The van der Waals surface area contributed by atoms with Gasteiger partial charge in [0, 0.05) is 16.6 Å². The normalized spacial score (nSPS) is 21.3. The Hall–Kier alpha value is -2.53. The second-order valence-electron chi connectivity index (χ2n) is 6.04. The standard InChI is InChI=1S/C18H15ClN2O3/c19-11-3-1-2-10(6-11)13-8-14(13)18(23)20-12-4-5-16-15(7-12)21-17(22)9-24-16/h1-7,13-14H,8-9H2,(H,20,23)(H,21,22)/t13-,14-/m0/s1. The molecule has 2 aromatic rings. The molecule has 2 aliphatic rings. The van der Waals surface area contributed by atoms with Crippen molar-refractivity contribution in [2.75, 3.05) is 17.2 Å². The Bertz CT molecular complexity index is 837. The molecule has 1 heterocycles. The average Bonchev–Trinajstić information content (AvgIpc) is 3.35. The third-order valence-corrected chi connectivity index (χ3v) is 4.52. The van der Waals surface area contributed by atoms with Crippen LogP contribution in [0.5, 0.6) is 5.75 Å². The Morgan fingerprint density at radius 2 is 2.12 bits per heavy atom. The van der Waals surface area contributed by atoms with E-state index in [2.05, 4.69) is 10.6 Å². The van der Waals surface area contributed by atoms with Crippen LogP contribution in [-0.4, -0.2) is 18.4 Å². The molecule has 0 unspecified atom stereocenters. The van der Waals surface area contributed by atoms with E-state index in [1.807, 2.05) is 24.3 Å². The van der Waals surface area contributed by atoms with Gasteiger partial charge in [-0.15, -0.1) is 0 Å². The lowest BCUT2D eigenvalue weighted by Crippen LogP contribution is -2.25. The van der Waals surface area contributed by atoms with E-state index in [9.17, 15) is 9.59 Å². The number of nitrogens with one attached hydrogen (secondary N) is 2. The van der Waals surface area contributed by atoms with Crippen LogP contribution in [-0.2, 0) is 9.59 Å². The molecule has 0 spiro atoms. The van der Waals surface area contributed by atoms with E-state index in [0.29, 0.717) is 22.1 Å². The van der Waals surface area contributed by atoms with Crippen molar-refractivity contribution in [3.05, 3.63) is 53.1 Å². The number of hydrogen-bond acceptors (Lipinski definition) is 3. The Morgan fingerprint density at radius 1 is 1.25 bits per heavy atom. The van der Waals surface area contributed by atoms with Crippen molar-refractivity contribution in [2.45, 2.75) is 12.3 Å². The van der Waals surface area contributed by atoms with Gasteiger partial charge in [0.05, 0.1) is 5.69 Å². The third-order valence-electron chi connectivity index (χ3n) is 4.28. The first-order valence-corrected chi connectivity index (χ1v) is 8.11. The fourth-order valence-corrected chi connectivity index (χ4v) is 3.18. The molecule has 2 amide bonds. The maximum Gasteiger partial charge on any atom is 0.262 e. The fourth-order valence-electron chi connectivity index (χ4n) is 2.99. The van der Waals surface area contributed by atoms with E-state index >= 15 is 0 Å². The number of hydrogen-bond donors (Lipinski definition) is 2. The van der Waals surface area contributed by atoms with Gasteiger partial charge < -0.3 is 15.4 Å². The molecule has 1 aliphatic carbocycles. The molecule has 2 atom stereocenters. The van der Waals surface area contributed by atoms with E-state index in [0.717, 1.165) is 12.0 Å². The summed E-state index contributed by atoms with van der Waals surface area (Å²) < 4.78 is 5.30. The van der Waals surface area contributed by atoms with Crippen molar-refractivity contribution in [3.8, 4) is 5.75 Å². The van der Waals surface area contributed by atoms with Crippen molar-refractivity contribution in [1.82, 2.24) is 0 Å². The Morgan fingerprint density at radius 3 is 2.96 bits per heavy atom. The monoisotopic (exact) mass is 342 g/mol. The van der Waals surface area contributed by atoms with Gasteiger partial charge in [-0.1, -0.05) is 23.7 Å². The second-order valence-corrected chi connectivity index (χ2v) is 6.48. The number of fused-ring (bicyclic) bond motifs is 1. The molecule has 2 N–H and O–H groups in total. The summed E-state index contributed by atoms with van der Waals surface area (Å²) in [5, 5.41) is 6.32. The van der Waals surface area contributed by atoms with E-state index in [-0.39, 0.29) is 30.3 Å². The molecule has 1 fully saturated rings. The van der Waals surface area contributed by atoms with E-state index in [4.69, 9.17) is 16.3 Å². The molecule has 0 bridgehead atoms. The molecule has 6 heteroatoms. The SMILES string of the molecule is O=C1COc2ccc(NC(=O)[C@H]3C[C@H]3c3cccc(Cl)c3)cc2N1. The minimum atomic E-state index is -0.200. The Kier molecular flexibility index (Phi) is 3.65. The largest absolute Gasteiger partial charge is 0.482 e. The van der Waals surface area contributed by atoms with Gasteiger partial charge in [0.2, 0.25) is 5.91 Å². The van der Waals surface area contributed by atoms with Gasteiger partial charge in [-0.3, -0.25) is 9.59 Å². The number of carbonyl (C=O) groups excluding carboxylic acids is 2. The third kappa shape index (κ3) is 2.95. The van der Waals surface area contributed by atoms with E-state index < -0.39 is 0 Å². The maximum atomic E-state index is 12.4. The molecule has 122 valence electrons. The molecular weight excluding hydrogens is 328 g/mol. The topological polar surface area (TPSA) is 67.4 Å². The lowest BCUT2D eigenvalue weighted by atomic mass is 10.1. The summed E-state index contributed by atoms with van der Waals surface area (Å²) in [5.41, 5.74) is 2.31. The summed E-state index contributed by atoms with van der Waals surface area (Å²) in [5.74, 6) is 0.544. The number of halogens is 1. The van der Waals surface area contributed by atoms with Crippen molar-refractivity contribution >= 4 is 34.8 Å². The highest BCUT2D eigenvalue weighted by Gasteiger charge is 2.44. The molecule has 0 radical (unpaired) electrons. The molecule has 5 nitrogen and oxygen atoms in total. The number of carbonyl (C=O) groups is 2. The van der Waals surface area contributed by atoms with Crippen LogP contribution < -0.4 is 15.4 Å². The maximum absolute atomic E-state index is 12.4. The number of benzene rings is 2. The average molecular weight is 343 g/mol. The summed E-state index contributed by atoms with van der Waals surface area (Å²) >= 11 is 6.01. The zero-order valence-electron chi connectivity index (χ0n) is 12.7. The fraction of sp³-hybridized carbons (Fsp3) is 0.222. The zero-order chi connectivity index (χ0) is 16.7. The van der Waals surface area contributed by atoms with Gasteiger partial charge in [0.1, 0.15) is 5.75 Å². The van der Waals surface area contributed by atoms with Gasteiger partial charge >= 0.3 is 0 Å². The minimum absolute atomic E-state index is 0.0160. The highest BCUT2D eigenvalue weighted by molar-refractivity contribution is 6.30. The van der Waals surface area contributed by atoms with E-state index in [1.54, 1.807) is 18.2 Å². The van der Waals surface area contributed by atoms with E-state index in [1.165, 1.54) is 0 Å². The Labute approximate surface area is 144 Å². The van der Waals surface area contributed by atoms with Gasteiger partial charge in [-0.2, -0.15) is 0 Å². The van der Waals surface area contributed by atoms with Crippen LogP contribution >= 0.6 is 11.6 Å². The van der Waals surface area contributed by atoms with Crippen LogP contribution in [0.25, 0.3) is 0 Å². The summed E-state index contributed by atoms with van der Waals surface area (Å²) in [7, 11) is 0. The lowest BCUT2D eigenvalue weighted by Gasteiger charge is -2.18. The zero-order valence-corrected chi connectivity index (χ0v) is 13.5. The quantitative estimate of drug-likeness (QED) is 0.898. The molecule has 0 saturated heterocycles. The van der Waals surface area contributed by atoms with Crippen LogP contribution in [0.15, 0.2) is 42.5 Å². The summed E-state index contributed by atoms with van der Waals surface area (Å²) in [6, 6.07) is 12.8. The molecule has 4 rings (SSSR count). The van der Waals surface area contributed by atoms with Crippen LogP contribution in [0.4, 0.5) is 11.4 Å². The van der Waals surface area contributed by atoms with Gasteiger partial charge in [-0.25, -0.2) is 0 Å². The number of ether oxygens (including phenoxy) is 1. The summed E-state index contributed by atoms with van der Waals surface area (Å²) in [6.45, 7) is 0.0160. The molecule has 1 saturated carbocycles. The molecule has 2 aromatic carbocycles. The number of amides is 2. The van der Waals surface area contributed by atoms with Crippen LogP contribution in [0.2, 0.25) is 5.02 Å². The minimum Gasteiger partial charge on any atom is -0.482 e. The smallest absolute Gasteiger partial charge is 0.262 e. The highest BCUT2D eigenvalue weighted by atomic mass is 35.5. The van der Waals surface area contributed by atoms with Gasteiger partial charge in [0.25, 0.3) is 5.91 Å². The summed E-state index contributed by atoms with van der Waals surface area (Å²) in [4.78, 5) is 23.8. The lowest BCUT2D eigenvalue weighted by molar-refractivity contribution is -0.119. The molecule has 1 aliphatic heterocycles. The summed E-state index contributed by atoms with van der Waals surface area (Å²) in [6.07, 6.45) is 0.816. The molecule has 0 aromatic heterocycles. The van der Waals surface area contributed by atoms with Gasteiger partial charge in [0.15, 0.2) is 6.61 Å². The molecule has 24 heavy (non-hydrogen) atoms. The van der Waals surface area contributed by atoms with Crippen molar-refractivity contribution < 1.29 is 14.3 Å². The van der Waals surface area contributed by atoms with Crippen LogP contribution in [0, 0.1) is 5.92 Å². The van der Waals surface area contributed by atoms with Crippen LogP contribution in [0.1, 0.15) is 17.9 Å². The van der Waals surface area contributed by atoms with Crippen LogP contribution in [0.3, 0.4) is 0 Å². The number of anilines is 2.